The summed E-state index contributed by atoms with van der Waals surface area (Å²) in [6.07, 6.45) is 0. The first-order valence-corrected chi connectivity index (χ1v) is 5.01. The average Bonchev–Trinajstić information content (AvgIpc) is 2.29. The van der Waals surface area contributed by atoms with Crippen molar-refractivity contribution in [2.24, 2.45) is 5.73 Å². The third kappa shape index (κ3) is 2.81. The number of benzene rings is 1. The van der Waals surface area contributed by atoms with Crippen LogP contribution in [0.4, 0.5) is 5.69 Å². The fourth-order valence-electron chi connectivity index (χ4n) is 1.25. The number of carbonyl (C=O) groups is 1. The standard InChI is InChI=1S/C12H15N3O/c1-12(2,8-14)9-3-5-10(6-4-9)15-11(16)7-13/h3-6H,7,13H2,1-2H3,(H,15,16). The van der Waals surface area contributed by atoms with Crippen LogP contribution in [0.3, 0.4) is 0 Å². The maximum absolute atomic E-state index is 11.0. The van der Waals surface area contributed by atoms with Crippen molar-refractivity contribution in [3.63, 3.8) is 0 Å². The molecule has 0 spiro atoms. The number of nitrogens with zero attached hydrogens (tertiary/aromatic N) is 1. The number of anilines is 1. The van der Waals surface area contributed by atoms with E-state index in [4.69, 9.17) is 11.0 Å². The molecule has 1 amide bonds. The van der Waals surface area contributed by atoms with E-state index in [0.29, 0.717) is 5.69 Å². The van der Waals surface area contributed by atoms with Gasteiger partial charge >= 0.3 is 0 Å². The van der Waals surface area contributed by atoms with Crippen molar-refractivity contribution in [1.82, 2.24) is 0 Å². The van der Waals surface area contributed by atoms with Gasteiger partial charge in [0.15, 0.2) is 0 Å². The molecule has 84 valence electrons. The summed E-state index contributed by atoms with van der Waals surface area (Å²) in [4.78, 5) is 11.0. The quantitative estimate of drug-likeness (QED) is 0.802. The highest BCUT2D eigenvalue weighted by atomic mass is 16.1. The van der Waals surface area contributed by atoms with E-state index in [9.17, 15) is 4.79 Å². The van der Waals surface area contributed by atoms with Gasteiger partial charge in [-0.15, -0.1) is 0 Å². The Morgan fingerprint density at radius 1 is 1.44 bits per heavy atom. The molecular weight excluding hydrogens is 202 g/mol. The van der Waals surface area contributed by atoms with Crippen molar-refractivity contribution in [2.75, 3.05) is 11.9 Å². The van der Waals surface area contributed by atoms with E-state index in [-0.39, 0.29) is 12.5 Å². The summed E-state index contributed by atoms with van der Waals surface area (Å²) in [6, 6.07) is 9.41. The van der Waals surface area contributed by atoms with Gasteiger partial charge in [-0.05, 0) is 31.5 Å². The van der Waals surface area contributed by atoms with Crippen LogP contribution in [0, 0.1) is 11.3 Å². The van der Waals surface area contributed by atoms with E-state index < -0.39 is 5.41 Å². The number of rotatable bonds is 3. The third-order valence-corrected chi connectivity index (χ3v) is 2.36. The van der Waals surface area contributed by atoms with Crippen LogP contribution in [0.15, 0.2) is 24.3 Å². The first-order chi connectivity index (χ1) is 7.49. The highest BCUT2D eigenvalue weighted by Crippen LogP contribution is 2.23. The minimum atomic E-state index is -0.517. The van der Waals surface area contributed by atoms with Crippen molar-refractivity contribution in [3.05, 3.63) is 29.8 Å². The van der Waals surface area contributed by atoms with Crippen molar-refractivity contribution in [1.29, 1.82) is 5.26 Å². The monoisotopic (exact) mass is 217 g/mol. The van der Waals surface area contributed by atoms with Crippen LogP contribution in [0.5, 0.6) is 0 Å². The van der Waals surface area contributed by atoms with Gasteiger partial charge in [-0.1, -0.05) is 12.1 Å². The predicted molar refractivity (Wildman–Crippen MR) is 62.8 cm³/mol. The number of nitrogens with one attached hydrogen (secondary N) is 1. The van der Waals surface area contributed by atoms with Gasteiger partial charge in [-0.25, -0.2) is 0 Å². The molecule has 0 aliphatic rings. The van der Waals surface area contributed by atoms with Gasteiger partial charge in [-0.2, -0.15) is 5.26 Å². The molecule has 16 heavy (non-hydrogen) atoms. The second-order valence-electron chi connectivity index (χ2n) is 4.07. The Kier molecular flexibility index (Phi) is 3.64. The highest BCUT2D eigenvalue weighted by molar-refractivity contribution is 5.92. The molecule has 0 fully saturated rings. The van der Waals surface area contributed by atoms with Crippen LogP contribution in [0.1, 0.15) is 19.4 Å². The Hall–Kier alpha value is -1.86. The molecule has 0 atom stereocenters. The van der Waals surface area contributed by atoms with Crippen molar-refractivity contribution in [2.45, 2.75) is 19.3 Å². The smallest absolute Gasteiger partial charge is 0.238 e. The lowest BCUT2D eigenvalue weighted by molar-refractivity contribution is -0.114. The summed E-state index contributed by atoms with van der Waals surface area (Å²) < 4.78 is 0. The molecule has 3 N–H and O–H groups in total. The lowest BCUT2D eigenvalue weighted by atomic mass is 9.86. The van der Waals surface area contributed by atoms with Gasteiger partial charge in [0.2, 0.25) is 5.91 Å². The predicted octanol–water partition coefficient (Wildman–Crippen LogP) is 1.38. The maximum atomic E-state index is 11.0. The van der Waals surface area contributed by atoms with Crippen LogP contribution in [0.25, 0.3) is 0 Å². The molecule has 0 aliphatic carbocycles. The number of nitriles is 1. The lowest BCUT2D eigenvalue weighted by Crippen LogP contribution is -2.22. The highest BCUT2D eigenvalue weighted by Gasteiger charge is 2.19. The molecule has 0 aromatic heterocycles. The largest absolute Gasteiger partial charge is 0.325 e. The Morgan fingerprint density at radius 3 is 2.44 bits per heavy atom. The molecule has 1 aromatic rings. The number of hydrogen-bond acceptors (Lipinski definition) is 3. The molecule has 1 aromatic carbocycles. The van der Waals surface area contributed by atoms with Crippen LogP contribution in [-0.4, -0.2) is 12.5 Å². The van der Waals surface area contributed by atoms with Crippen molar-refractivity contribution < 1.29 is 4.79 Å². The number of nitrogens with two attached hydrogens (primary N) is 1. The molecule has 0 unspecified atom stereocenters. The first-order valence-electron chi connectivity index (χ1n) is 5.01. The van der Waals surface area contributed by atoms with E-state index >= 15 is 0 Å². The van der Waals surface area contributed by atoms with Gasteiger partial charge in [-0.3, -0.25) is 4.79 Å². The topological polar surface area (TPSA) is 78.9 Å². The number of amides is 1. The Balaban J connectivity index is 2.84. The molecular formula is C12H15N3O. The van der Waals surface area contributed by atoms with Crippen LogP contribution in [0.2, 0.25) is 0 Å². The molecule has 0 saturated heterocycles. The van der Waals surface area contributed by atoms with Crippen LogP contribution in [-0.2, 0) is 10.2 Å². The zero-order valence-corrected chi connectivity index (χ0v) is 9.45. The first kappa shape index (κ1) is 12.2. The molecule has 4 heteroatoms. The van der Waals surface area contributed by atoms with Crippen molar-refractivity contribution >= 4 is 11.6 Å². The third-order valence-electron chi connectivity index (χ3n) is 2.36. The van der Waals surface area contributed by atoms with Gasteiger partial charge < -0.3 is 11.1 Å². The summed E-state index contributed by atoms with van der Waals surface area (Å²) in [5.74, 6) is -0.229. The molecule has 0 heterocycles. The number of hydrogen-bond donors (Lipinski definition) is 2. The minimum absolute atomic E-state index is 0.0363. The Morgan fingerprint density at radius 2 is 2.00 bits per heavy atom. The Bertz CT molecular complexity index is 415. The van der Waals surface area contributed by atoms with Gasteiger partial charge in [0.1, 0.15) is 0 Å². The average molecular weight is 217 g/mol. The zero-order valence-electron chi connectivity index (χ0n) is 9.45. The fraction of sp³-hybridized carbons (Fsp3) is 0.333. The minimum Gasteiger partial charge on any atom is -0.325 e. The summed E-state index contributed by atoms with van der Waals surface area (Å²) in [5.41, 5.74) is 6.27. The van der Waals surface area contributed by atoms with E-state index in [2.05, 4.69) is 11.4 Å². The van der Waals surface area contributed by atoms with Crippen molar-refractivity contribution in [3.8, 4) is 6.07 Å². The second-order valence-corrected chi connectivity index (χ2v) is 4.07. The fourth-order valence-corrected chi connectivity index (χ4v) is 1.25. The van der Waals surface area contributed by atoms with E-state index in [1.54, 1.807) is 12.1 Å². The Labute approximate surface area is 95.1 Å². The normalized spacial score (nSPS) is 10.6. The molecule has 0 radical (unpaired) electrons. The molecule has 0 saturated carbocycles. The molecule has 0 bridgehead atoms. The lowest BCUT2D eigenvalue weighted by Gasteiger charge is -2.16. The number of carbonyl (C=O) groups excluding carboxylic acids is 1. The van der Waals surface area contributed by atoms with Gasteiger partial charge in [0.05, 0.1) is 18.0 Å². The van der Waals surface area contributed by atoms with Gasteiger partial charge in [0.25, 0.3) is 0 Å². The zero-order chi connectivity index (χ0) is 12.2. The summed E-state index contributed by atoms with van der Waals surface area (Å²) in [5, 5.41) is 11.6. The maximum Gasteiger partial charge on any atom is 0.238 e. The summed E-state index contributed by atoms with van der Waals surface area (Å²) >= 11 is 0. The second kappa shape index (κ2) is 4.77. The SMILES string of the molecule is CC(C)(C#N)c1ccc(NC(=O)CN)cc1. The summed E-state index contributed by atoms with van der Waals surface area (Å²) in [6.45, 7) is 3.66. The molecule has 4 nitrogen and oxygen atoms in total. The molecule has 1 rings (SSSR count). The van der Waals surface area contributed by atoms with Crippen LogP contribution < -0.4 is 11.1 Å². The molecule has 0 aliphatic heterocycles. The van der Waals surface area contributed by atoms with Crippen LogP contribution >= 0.6 is 0 Å². The van der Waals surface area contributed by atoms with E-state index in [0.717, 1.165) is 5.56 Å². The van der Waals surface area contributed by atoms with Gasteiger partial charge in [0, 0.05) is 5.69 Å². The summed E-state index contributed by atoms with van der Waals surface area (Å²) in [7, 11) is 0. The van der Waals surface area contributed by atoms with E-state index in [1.807, 2.05) is 26.0 Å². The van der Waals surface area contributed by atoms with E-state index in [1.165, 1.54) is 0 Å².